The molecule has 1 N–H and O–H groups in total. The van der Waals surface area contributed by atoms with E-state index in [1.54, 1.807) is 23.1 Å². The Morgan fingerprint density at radius 1 is 1.25 bits per heavy atom. The average molecular weight is 309 g/mol. The van der Waals surface area contributed by atoms with Crippen molar-refractivity contribution in [1.29, 1.82) is 0 Å². The predicted molar refractivity (Wildman–Crippen MR) is 73.0 cm³/mol. The fourth-order valence-corrected chi connectivity index (χ4v) is 2.06. The van der Waals surface area contributed by atoms with Crippen LogP contribution in [0, 0.1) is 0 Å². The lowest BCUT2D eigenvalue weighted by Gasteiger charge is -2.03. The summed E-state index contributed by atoms with van der Waals surface area (Å²) in [5, 5.41) is 6.72. The van der Waals surface area contributed by atoms with Crippen LogP contribution in [0.25, 0.3) is 5.52 Å². The largest absolute Gasteiger partial charge is 0.306 e. The number of hydrogen-bond donors (Lipinski definition) is 1. The minimum atomic E-state index is -0.390. The number of carbonyl (C=O) groups excluding carboxylic acids is 1. The van der Waals surface area contributed by atoms with Crippen LogP contribution in [0.4, 0.5) is 5.82 Å². The molecule has 0 saturated heterocycles. The van der Waals surface area contributed by atoms with E-state index in [2.05, 4.69) is 25.4 Å². The molecule has 0 aliphatic rings. The Morgan fingerprint density at radius 3 is 2.90 bits per heavy atom. The van der Waals surface area contributed by atoms with Crippen LogP contribution in [0.5, 0.6) is 0 Å². The monoisotopic (exact) mass is 308 g/mol. The van der Waals surface area contributed by atoms with Crippen LogP contribution in [-0.4, -0.2) is 30.5 Å². The molecule has 9 heteroatoms. The summed E-state index contributed by atoms with van der Waals surface area (Å²) in [5.41, 5.74) is 0.945. The van der Waals surface area contributed by atoms with Gasteiger partial charge in [0.25, 0.3) is 5.91 Å². The number of hydrogen-bond acceptors (Lipinski definition) is 5. The lowest BCUT2D eigenvalue weighted by atomic mass is 10.3. The van der Waals surface area contributed by atoms with Crippen LogP contribution in [0.3, 0.4) is 0 Å². The smallest absolute Gasteiger partial charge is 0.260 e. The first-order valence-electron chi connectivity index (χ1n) is 5.42. The van der Waals surface area contributed by atoms with Crippen molar-refractivity contribution in [2.75, 3.05) is 5.32 Å². The third-order valence-electron chi connectivity index (χ3n) is 2.48. The average Bonchev–Trinajstić information content (AvgIpc) is 2.81. The topological polar surface area (TPSA) is 85.1 Å². The van der Waals surface area contributed by atoms with Gasteiger partial charge in [-0.3, -0.25) is 9.78 Å². The number of fused-ring (bicyclic) bond motifs is 1. The van der Waals surface area contributed by atoms with Gasteiger partial charge in [0.2, 0.25) is 5.28 Å². The molecule has 0 bridgehead atoms. The Labute approximate surface area is 122 Å². The van der Waals surface area contributed by atoms with Gasteiger partial charge in [0.05, 0.1) is 23.5 Å². The van der Waals surface area contributed by atoms with Gasteiger partial charge in [-0.2, -0.15) is 5.10 Å². The van der Waals surface area contributed by atoms with Crippen LogP contribution in [-0.2, 0) is 0 Å². The number of amides is 1. The number of halogens is 2. The molecule has 100 valence electrons. The second-order valence-electron chi connectivity index (χ2n) is 3.76. The van der Waals surface area contributed by atoms with E-state index in [4.69, 9.17) is 23.2 Å². The number of nitrogens with zero attached hydrogens (tertiary/aromatic N) is 5. The molecule has 7 nitrogen and oxygen atoms in total. The molecule has 20 heavy (non-hydrogen) atoms. The molecule has 0 aliphatic heterocycles. The number of nitrogens with one attached hydrogen (secondary N) is 1. The van der Waals surface area contributed by atoms with E-state index in [0.717, 1.165) is 0 Å². The molecule has 0 unspecified atom stereocenters. The highest BCUT2D eigenvalue weighted by Crippen LogP contribution is 2.16. The van der Waals surface area contributed by atoms with Crippen LogP contribution in [0.2, 0.25) is 10.4 Å². The molecule has 0 aromatic carbocycles. The van der Waals surface area contributed by atoms with E-state index in [0.29, 0.717) is 11.1 Å². The van der Waals surface area contributed by atoms with Crippen molar-refractivity contribution < 1.29 is 4.79 Å². The lowest BCUT2D eigenvalue weighted by molar-refractivity contribution is 0.102. The number of aromatic nitrogens is 5. The van der Waals surface area contributed by atoms with E-state index < -0.39 is 0 Å². The van der Waals surface area contributed by atoms with Crippen molar-refractivity contribution in [3.05, 3.63) is 46.9 Å². The number of carbonyl (C=O) groups is 1. The summed E-state index contributed by atoms with van der Waals surface area (Å²) in [6.45, 7) is 0. The minimum absolute atomic E-state index is 0.0469. The predicted octanol–water partition coefficient (Wildman–Crippen LogP) is 2.08. The Hall–Kier alpha value is -2.25. The molecule has 0 spiro atoms. The van der Waals surface area contributed by atoms with Gasteiger partial charge in [-0.25, -0.2) is 14.5 Å². The van der Waals surface area contributed by atoms with Crippen molar-refractivity contribution in [3.8, 4) is 0 Å². The molecule has 3 aromatic rings. The zero-order valence-electron chi connectivity index (χ0n) is 9.79. The van der Waals surface area contributed by atoms with E-state index in [-0.39, 0.29) is 22.2 Å². The second kappa shape index (κ2) is 5.03. The minimum Gasteiger partial charge on any atom is -0.306 e. The standard InChI is InChI=1S/C11H6Cl2N6O/c12-8-3-9(18-11(13)16-8)17-10(20)6-4-15-19-2-1-14-5-7(6)19/h1-5H,(H,16,17,18,20). The highest BCUT2D eigenvalue weighted by atomic mass is 35.5. The Kier molecular flexibility index (Phi) is 3.21. The molecule has 0 radical (unpaired) electrons. The lowest BCUT2D eigenvalue weighted by Crippen LogP contribution is -2.13. The first-order chi connectivity index (χ1) is 9.63. The van der Waals surface area contributed by atoms with Gasteiger partial charge in [-0.15, -0.1) is 0 Å². The van der Waals surface area contributed by atoms with Crippen molar-refractivity contribution >= 4 is 40.4 Å². The van der Waals surface area contributed by atoms with E-state index >= 15 is 0 Å². The zero-order valence-corrected chi connectivity index (χ0v) is 11.3. The van der Waals surface area contributed by atoms with Crippen LogP contribution >= 0.6 is 23.2 Å². The highest BCUT2D eigenvalue weighted by Gasteiger charge is 2.14. The van der Waals surface area contributed by atoms with Gasteiger partial charge in [0.1, 0.15) is 11.0 Å². The van der Waals surface area contributed by atoms with E-state index in [1.165, 1.54) is 12.3 Å². The summed E-state index contributed by atoms with van der Waals surface area (Å²) in [6.07, 6.45) is 6.20. The number of rotatable bonds is 2. The quantitative estimate of drug-likeness (QED) is 0.578. The van der Waals surface area contributed by atoms with Crippen LogP contribution in [0.1, 0.15) is 10.4 Å². The molecule has 3 rings (SSSR count). The maximum absolute atomic E-state index is 12.2. The maximum atomic E-state index is 12.2. The number of anilines is 1. The van der Waals surface area contributed by atoms with Crippen molar-refractivity contribution in [1.82, 2.24) is 24.6 Å². The first-order valence-corrected chi connectivity index (χ1v) is 6.18. The molecular weight excluding hydrogens is 303 g/mol. The fourth-order valence-electron chi connectivity index (χ4n) is 1.65. The summed E-state index contributed by atoms with van der Waals surface area (Å²) in [7, 11) is 0. The van der Waals surface area contributed by atoms with Crippen LogP contribution in [0.15, 0.2) is 30.9 Å². The highest BCUT2D eigenvalue weighted by molar-refractivity contribution is 6.32. The third-order valence-corrected chi connectivity index (χ3v) is 2.84. The summed E-state index contributed by atoms with van der Waals surface area (Å²) >= 11 is 11.4. The van der Waals surface area contributed by atoms with Crippen molar-refractivity contribution in [3.63, 3.8) is 0 Å². The van der Waals surface area contributed by atoms with E-state index in [1.807, 2.05) is 0 Å². The van der Waals surface area contributed by atoms with Gasteiger partial charge in [-0.1, -0.05) is 11.6 Å². The molecule has 0 atom stereocenters. The third kappa shape index (κ3) is 2.40. The van der Waals surface area contributed by atoms with Gasteiger partial charge < -0.3 is 5.32 Å². The molecule has 0 aliphatic carbocycles. The summed E-state index contributed by atoms with van der Waals surface area (Å²) in [4.78, 5) is 23.7. The summed E-state index contributed by atoms with van der Waals surface area (Å²) in [6, 6.07) is 1.40. The SMILES string of the molecule is O=C(Nc1cc(Cl)nc(Cl)n1)c1cnn2ccncc12. The Balaban J connectivity index is 1.93. The van der Waals surface area contributed by atoms with Crippen molar-refractivity contribution in [2.45, 2.75) is 0 Å². The van der Waals surface area contributed by atoms with Crippen LogP contribution < -0.4 is 5.32 Å². The first kappa shape index (κ1) is 12.8. The van der Waals surface area contributed by atoms with Gasteiger partial charge in [-0.05, 0) is 11.6 Å². The molecule has 1 amide bonds. The molecule has 0 saturated carbocycles. The fraction of sp³-hybridized carbons (Fsp3) is 0. The zero-order chi connectivity index (χ0) is 14.1. The summed E-state index contributed by atoms with van der Waals surface area (Å²) < 4.78 is 1.54. The molecule has 3 aromatic heterocycles. The van der Waals surface area contributed by atoms with Crippen molar-refractivity contribution in [2.24, 2.45) is 0 Å². The maximum Gasteiger partial charge on any atom is 0.260 e. The summed E-state index contributed by atoms with van der Waals surface area (Å²) in [5.74, 6) is -0.179. The van der Waals surface area contributed by atoms with Gasteiger partial charge in [0.15, 0.2) is 0 Å². The second-order valence-corrected chi connectivity index (χ2v) is 4.49. The molecule has 0 fully saturated rings. The Bertz CT molecular complexity index is 782. The molecule has 3 heterocycles. The Morgan fingerprint density at radius 2 is 2.10 bits per heavy atom. The van der Waals surface area contributed by atoms with E-state index in [9.17, 15) is 4.79 Å². The van der Waals surface area contributed by atoms with Gasteiger partial charge >= 0.3 is 0 Å². The normalized spacial score (nSPS) is 10.7. The van der Waals surface area contributed by atoms with Gasteiger partial charge in [0, 0.05) is 18.5 Å². The molecular formula is C11H6Cl2N6O.